The van der Waals surface area contributed by atoms with Crippen molar-refractivity contribution in [3.05, 3.63) is 30.9 Å². The fourth-order valence-corrected chi connectivity index (χ4v) is 1.64. The van der Waals surface area contributed by atoms with Gasteiger partial charge in [0.25, 0.3) is 5.88 Å². The van der Waals surface area contributed by atoms with E-state index in [0.29, 0.717) is 28.7 Å². The summed E-state index contributed by atoms with van der Waals surface area (Å²) in [7, 11) is 0. The molecule has 7 nitrogen and oxygen atoms in total. The van der Waals surface area contributed by atoms with Crippen LogP contribution in [-0.2, 0) is 0 Å². The summed E-state index contributed by atoms with van der Waals surface area (Å²) in [4.78, 5) is 19.7. The molecule has 96 valence electrons. The molecule has 0 aliphatic rings. The van der Waals surface area contributed by atoms with Crippen molar-refractivity contribution in [1.29, 1.82) is 0 Å². The molecule has 0 fully saturated rings. The minimum absolute atomic E-state index is 0.423. The van der Waals surface area contributed by atoms with Crippen LogP contribution in [-0.4, -0.2) is 31.5 Å². The summed E-state index contributed by atoms with van der Waals surface area (Å²) in [6, 6.07) is 3.61. The number of aromatic nitrogens is 5. The van der Waals surface area contributed by atoms with Crippen molar-refractivity contribution in [3.8, 4) is 11.6 Å². The predicted molar refractivity (Wildman–Crippen MR) is 70.2 cm³/mol. The lowest BCUT2D eigenvalue weighted by Gasteiger charge is -2.07. The van der Waals surface area contributed by atoms with E-state index >= 15 is 0 Å². The summed E-state index contributed by atoms with van der Waals surface area (Å²) >= 11 is 0. The van der Waals surface area contributed by atoms with Crippen LogP contribution in [0.15, 0.2) is 30.9 Å². The first-order chi connectivity index (χ1) is 9.36. The van der Waals surface area contributed by atoms with E-state index in [-0.39, 0.29) is 0 Å². The van der Waals surface area contributed by atoms with Crippen molar-refractivity contribution in [2.24, 2.45) is 0 Å². The summed E-state index contributed by atoms with van der Waals surface area (Å²) in [5, 5.41) is 3.04. The Morgan fingerprint density at radius 3 is 3.11 bits per heavy atom. The van der Waals surface area contributed by atoms with E-state index in [2.05, 4.69) is 30.2 Å². The molecule has 3 aromatic heterocycles. The second-order valence-electron chi connectivity index (χ2n) is 3.77. The Balaban J connectivity index is 2.03. The molecule has 0 amide bonds. The maximum atomic E-state index is 5.71. The Bertz CT molecular complexity index is 681. The van der Waals surface area contributed by atoms with Gasteiger partial charge >= 0.3 is 0 Å². The Morgan fingerprint density at radius 1 is 1.37 bits per heavy atom. The van der Waals surface area contributed by atoms with Gasteiger partial charge in [0.05, 0.1) is 12.5 Å². The Hall–Kier alpha value is -2.70. The van der Waals surface area contributed by atoms with Gasteiger partial charge < -0.3 is 15.0 Å². The van der Waals surface area contributed by atoms with E-state index in [1.54, 1.807) is 24.8 Å². The normalized spacial score (nSPS) is 10.6. The highest BCUT2D eigenvalue weighted by atomic mass is 16.5. The topological polar surface area (TPSA) is 88.6 Å². The van der Waals surface area contributed by atoms with Crippen LogP contribution in [0.2, 0.25) is 0 Å². The average Bonchev–Trinajstić information content (AvgIpc) is 2.89. The number of rotatable bonds is 4. The second kappa shape index (κ2) is 4.89. The molecule has 19 heavy (non-hydrogen) atoms. The average molecular weight is 256 g/mol. The fourth-order valence-electron chi connectivity index (χ4n) is 1.64. The summed E-state index contributed by atoms with van der Waals surface area (Å²) in [5.41, 5.74) is 1.22. The van der Waals surface area contributed by atoms with Gasteiger partial charge in [0.15, 0.2) is 5.65 Å². The van der Waals surface area contributed by atoms with Crippen molar-refractivity contribution in [1.82, 2.24) is 24.9 Å². The largest absolute Gasteiger partial charge is 0.435 e. The molecule has 0 saturated carbocycles. The number of ether oxygens (including phenoxy) is 1. The van der Waals surface area contributed by atoms with Crippen LogP contribution in [0.3, 0.4) is 0 Å². The van der Waals surface area contributed by atoms with Crippen molar-refractivity contribution in [2.45, 2.75) is 6.92 Å². The molecule has 0 atom stereocenters. The predicted octanol–water partition coefficient (Wildman–Crippen LogP) is 1.97. The van der Waals surface area contributed by atoms with E-state index in [9.17, 15) is 0 Å². The van der Waals surface area contributed by atoms with Crippen LogP contribution < -0.4 is 10.1 Å². The van der Waals surface area contributed by atoms with Crippen molar-refractivity contribution in [2.75, 3.05) is 11.9 Å². The van der Waals surface area contributed by atoms with Gasteiger partial charge in [0.1, 0.15) is 11.3 Å². The van der Waals surface area contributed by atoms with Crippen LogP contribution in [0.4, 0.5) is 5.95 Å². The smallest absolute Gasteiger partial charge is 0.250 e. The molecule has 0 bridgehead atoms. The Labute approximate surface area is 109 Å². The standard InChI is InChI=1S/C12H12N6O/c1-2-14-12-17-10-9(15-7-16-10)11(18-12)19-8-4-3-5-13-6-8/h3-7H,2H2,1H3,(H2,14,15,16,17,18). The lowest BCUT2D eigenvalue weighted by Crippen LogP contribution is -2.03. The van der Waals surface area contributed by atoms with Crippen LogP contribution in [0.25, 0.3) is 11.2 Å². The second-order valence-corrected chi connectivity index (χ2v) is 3.77. The lowest BCUT2D eigenvalue weighted by atomic mass is 10.4. The van der Waals surface area contributed by atoms with Gasteiger partial charge in [-0.25, -0.2) is 4.98 Å². The molecule has 3 rings (SSSR count). The van der Waals surface area contributed by atoms with Gasteiger partial charge in [-0.3, -0.25) is 4.98 Å². The molecule has 7 heteroatoms. The molecule has 3 heterocycles. The van der Waals surface area contributed by atoms with Gasteiger partial charge in [-0.2, -0.15) is 9.97 Å². The first-order valence-corrected chi connectivity index (χ1v) is 5.89. The van der Waals surface area contributed by atoms with Crippen LogP contribution in [0.1, 0.15) is 6.92 Å². The zero-order valence-electron chi connectivity index (χ0n) is 10.3. The number of H-pyrrole nitrogens is 1. The molecule has 0 unspecified atom stereocenters. The third kappa shape index (κ3) is 2.30. The fraction of sp³-hybridized carbons (Fsp3) is 0.167. The summed E-state index contributed by atoms with van der Waals surface area (Å²) in [5.74, 6) is 1.52. The van der Waals surface area contributed by atoms with Gasteiger partial charge in [0.2, 0.25) is 5.95 Å². The quantitative estimate of drug-likeness (QED) is 0.742. The van der Waals surface area contributed by atoms with Crippen LogP contribution >= 0.6 is 0 Å². The summed E-state index contributed by atoms with van der Waals surface area (Å²) in [6.07, 6.45) is 4.87. The molecule has 0 saturated heterocycles. The van der Waals surface area contributed by atoms with Crippen molar-refractivity contribution in [3.63, 3.8) is 0 Å². The minimum Gasteiger partial charge on any atom is -0.435 e. The third-order valence-corrected chi connectivity index (χ3v) is 2.44. The van der Waals surface area contributed by atoms with Gasteiger partial charge in [-0.05, 0) is 19.1 Å². The molecule has 3 aromatic rings. The first-order valence-electron chi connectivity index (χ1n) is 5.89. The number of imidazole rings is 1. The Morgan fingerprint density at radius 2 is 2.32 bits per heavy atom. The first kappa shape index (κ1) is 11.4. The van der Waals surface area contributed by atoms with Crippen LogP contribution in [0, 0.1) is 0 Å². The zero-order chi connectivity index (χ0) is 13.1. The van der Waals surface area contributed by atoms with E-state index < -0.39 is 0 Å². The minimum atomic E-state index is 0.423. The Kier molecular flexibility index (Phi) is 2.93. The number of pyridine rings is 1. The molecule has 0 radical (unpaired) electrons. The summed E-state index contributed by atoms with van der Waals surface area (Å²) < 4.78 is 5.71. The number of nitrogens with zero attached hydrogens (tertiary/aromatic N) is 4. The molecular formula is C12H12N6O. The number of aromatic amines is 1. The highest BCUT2D eigenvalue weighted by Gasteiger charge is 2.11. The molecule has 0 spiro atoms. The van der Waals surface area contributed by atoms with Gasteiger partial charge in [-0.1, -0.05) is 0 Å². The van der Waals surface area contributed by atoms with Gasteiger partial charge in [-0.15, -0.1) is 0 Å². The number of anilines is 1. The van der Waals surface area contributed by atoms with E-state index in [4.69, 9.17) is 4.74 Å². The highest BCUT2D eigenvalue weighted by Crippen LogP contribution is 2.25. The summed E-state index contributed by atoms with van der Waals surface area (Å²) in [6.45, 7) is 2.70. The molecular weight excluding hydrogens is 244 g/mol. The van der Waals surface area contributed by atoms with E-state index in [1.807, 2.05) is 13.0 Å². The number of fused-ring (bicyclic) bond motifs is 1. The van der Waals surface area contributed by atoms with Crippen molar-refractivity contribution >= 4 is 17.1 Å². The third-order valence-electron chi connectivity index (χ3n) is 2.44. The lowest BCUT2D eigenvalue weighted by molar-refractivity contribution is 0.465. The van der Waals surface area contributed by atoms with Gasteiger partial charge in [0, 0.05) is 12.7 Å². The van der Waals surface area contributed by atoms with E-state index in [1.165, 1.54) is 0 Å². The SMILES string of the molecule is CCNc1nc(Oc2cccnc2)c2[nH]cnc2n1. The number of nitrogens with one attached hydrogen (secondary N) is 2. The van der Waals surface area contributed by atoms with Crippen LogP contribution in [0.5, 0.6) is 11.6 Å². The maximum Gasteiger partial charge on any atom is 0.250 e. The number of hydrogen-bond donors (Lipinski definition) is 2. The monoisotopic (exact) mass is 256 g/mol. The maximum absolute atomic E-state index is 5.71. The van der Waals surface area contributed by atoms with E-state index in [0.717, 1.165) is 6.54 Å². The zero-order valence-corrected chi connectivity index (χ0v) is 10.3. The number of hydrogen-bond acceptors (Lipinski definition) is 6. The van der Waals surface area contributed by atoms with Crippen molar-refractivity contribution < 1.29 is 4.74 Å². The molecule has 2 N–H and O–H groups in total. The molecule has 0 aliphatic heterocycles. The highest BCUT2D eigenvalue weighted by molar-refractivity contribution is 5.77. The molecule has 0 aliphatic carbocycles. The molecule has 0 aromatic carbocycles.